The van der Waals surface area contributed by atoms with E-state index < -0.39 is 5.41 Å². The van der Waals surface area contributed by atoms with Crippen LogP contribution in [0, 0.1) is 5.41 Å². The summed E-state index contributed by atoms with van der Waals surface area (Å²) in [6.45, 7) is 2.21. The number of oxime groups is 1. The van der Waals surface area contributed by atoms with Gasteiger partial charge in [-0.05, 0) is 19.8 Å². The molecule has 1 aliphatic carbocycles. The quantitative estimate of drug-likeness (QED) is 0.291. The molecule has 20 heavy (non-hydrogen) atoms. The SMILES string of the molecule is CCN(CC(=O)NC)C(=O)C1(C(N)=NO)CCCCC1. The van der Waals surface area contributed by atoms with Gasteiger partial charge in [-0.1, -0.05) is 24.4 Å². The van der Waals surface area contributed by atoms with Crippen LogP contribution in [0.15, 0.2) is 5.16 Å². The Bertz CT molecular complexity index is 389. The van der Waals surface area contributed by atoms with Crippen molar-refractivity contribution in [2.75, 3.05) is 20.1 Å². The Morgan fingerprint density at radius 1 is 1.35 bits per heavy atom. The van der Waals surface area contributed by atoms with Crippen LogP contribution in [0.1, 0.15) is 39.0 Å². The van der Waals surface area contributed by atoms with Crippen molar-refractivity contribution in [3.63, 3.8) is 0 Å². The van der Waals surface area contributed by atoms with Gasteiger partial charge in [-0.15, -0.1) is 0 Å². The van der Waals surface area contributed by atoms with Crippen molar-refractivity contribution in [3.8, 4) is 0 Å². The minimum atomic E-state index is -0.961. The molecule has 1 saturated carbocycles. The van der Waals surface area contributed by atoms with E-state index in [0.717, 1.165) is 19.3 Å². The van der Waals surface area contributed by atoms with E-state index in [2.05, 4.69) is 10.5 Å². The molecule has 0 aromatic heterocycles. The van der Waals surface area contributed by atoms with Crippen LogP contribution >= 0.6 is 0 Å². The topological polar surface area (TPSA) is 108 Å². The van der Waals surface area contributed by atoms with E-state index in [1.165, 1.54) is 11.9 Å². The molecule has 1 rings (SSSR count). The lowest BCUT2D eigenvalue weighted by Crippen LogP contribution is -2.54. The van der Waals surface area contributed by atoms with E-state index >= 15 is 0 Å². The summed E-state index contributed by atoms with van der Waals surface area (Å²) < 4.78 is 0. The van der Waals surface area contributed by atoms with Gasteiger partial charge in [0.15, 0.2) is 5.84 Å². The molecule has 7 heteroatoms. The summed E-state index contributed by atoms with van der Waals surface area (Å²) in [4.78, 5) is 25.7. The summed E-state index contributed by atoms with van der Waals surface area (Å²) >= 11 is 0. The molecule has 2 amide bonds. The average molecular weight is 284 g/mol. The number of hydrogen-bond donors (Lipinski definition) is 3. The van der Waals surface area contributed by atoms with Crippen molar-refractivity contribution in [1.82, 2.24) is 10.2 Å². The van der Waals surface area contributed by atoms with Crippen LogP contribution in [0.25, 0.3) is 0 Å². The lowest BCUT2D eigenvalue weighted by molar-refractivity contribution is -0.142. The van der Waals surface area contributed by atoms with E-state index in [9.17, 15) is 9.59 Å². The first-order valence-electron chi connectivity index (χ1n) is 6.99. The molecule has 0 aromatic carbocycles. The van der Waals surface area contributed by atoms with Crippen LogP contribution in [0.2, 0.25) is 0 Å². The average Bonchev–Trinajstić information content (AvgIpc) is 2.51. The van der Waals surface area contributed by atoms with Gasteiger partial charge in [0.25, 0.3) is 0 Å². The van der Waals surface area contributed by atoms with Crippen LogP contribution in [-0.4, -0.2) is 47.9 Å². The Balaban J connectivity index is 3.00. The van der Waals surface area contributed by atoms with Gasteiger partial charge < -0.3 is 21.2 Å². The van der Waals surface area contributed by atoms with Gasteiger partial charge in [0.2, 0.25) is 11.8 Å². The summed E-state index contributed by atoms with van der Waals surface area (Å²) in [6, 6.07) is 0. The van der Waals surface area contributed by atoms with Crippen LogP contribution in [0.5, 0.6) is 0 Å². The van der Waals surface area contributed by atoms with Gasteiger partial charge in [0, 0.05) is 13.6 Å². The lowest BCUT2D eigenvalue weighted by atomic mass is 9.72. The molecule has 0 unspecified atom stereocenters. The van der Waals surface area contributed by atoms with Gasteiger partial charge in [0.05, 0.1) is 6.54 Å². The summed E-state index contributed by atoms with van der Waals surface area (Å²) in [5, 5.41) is 14.6. The van der Waals surface area contributed by atoms with E-state index in [1.807, 2.05) is 6.92 Å². The first-order valence-corrected chi connectivity index (χ1v) is 6.99. The number of amides is 2. The predicted octanol–water partition coefficient (Wildman–Crippen LogP) is 0.278. The highest BCUT2D eigenvalue weighted by atomic mass is 16.4. The van der Waals surface area contributed by atoms with Crippen LogP contribution in [0.4, 0.5) is 0 Å². The summed E-state index contributed by atoms with van der Waals surface area (Å²) in [6.07, 6.45) is 3.88. The summed E-state index contributed by atoms with van der Waals surface area (Å²) in [7, 11) is 1.53. The highest BCUT2D eigenvalue weighted by molar-refractivity contribution is 6.07. The van der Waals surface area contributed by atoms with Crippen molar-refractivity contribution in [2.45, 2.75) is 39.0 Å². The molecule has 0 heterocycles. The number of likely N-dealkylation sites (N-methyl/N-ethyl adjacent to an activating group) is 2. The third-order valence-corrected chi connectivity index (χ3v) is 4.00. The molecule has 0 saturated heterocycles. The zero-order valence-corrected chi connectivity index (χ0v) is 12.2. The van der Waals surface area contributed by atoms with Gasteiger partial charge >= 0.3 is 0 Å². The highest BCUT2D eigenvalue weighted by Gasteiger charge is 2.46. The molecule has 0 aliphatic heterocycles. The van der Waals surface area contributed by atoms with Crippen molar-refractivity contribution in [3.05, 3.63) is 0 Å². The number of carbonyl (C=O) groups is 2. The fraction of sp³-hybridized carbons (Fsp3) is 0.769. The lowest BCUT2D eigenvalue weighted by Gasteiger charge is -2.38. The van der Waals surface area contributed by atoms with Crippen molar-refractivity contribution in [2.24, 2.45) is 16.3 Å². The number of nitrogens with zero attached hydrogens (tertiary/aromatic N) is 2. The number of hydrogen-bond acceptors (Lipinski definition) is 4. The normalized spacial score (nSPS) is 18.4. The second-order valence-electron chi connectivity index (χ2n) is 5.12. The van der Waals surface area contributed by atoms with Crippen LogP contribution in [0.3, 0.4) is 0 Å². The number of nitrogens with two attached hydrogens (primary N) is 1. The third-order valence-electron chi connectivity index (χ3n) is 4.00. The second-order valence-corrected chi connectivity index (χ2v) is 5.12. The second kappa shape index (κ2) is 7.12. The monoisotopic (exact) mass is 284 g/mol. The number of carbonyl (C=O) groups excluding carboxylic acids is 2. The van der Waals surface area contributed by atoms with E-state index in [-0.39, 0.29) is 24.2 Å². The Morgan fingerprint density at radius 2 is 1.95 bits per heavy atom. The smallest absolute Gasteiger partial charge is 0.239 e. The minimum absolute atomic E-state index is 0.00765. The maximum absolute atomic E-state index is 12.8. The Kier molecular flexibility index (Phi) is 5.79. The summed E-state index contributed by atoms with van der Waals surface area (Å²) in [5.74, 6) is -0.498. The van der Waals surface area contributed by atoms with Crippen LogP contribution < -0.4 is 11.1 Å². The van der Waals surface area contributed by atoms with E-state index in [4.69, 9.17) is 10.9 Å². The van der Waals surface area contributed by atoms with E-state index in [0.29, 0.717) is 19.4 Å². The first kappa shape index (κ1) is 16.3. The Labute approximate surface area is 119 Å². The minimum Gasteiger partial charge on any atom is -0.409 e. The zero-order chi connectivity index (χ0) is 15.2. The van der Waals surface area contributed by atoms with Gasteiger partial charge in [-0.25, -0.2) is 0 Å². The van der Waals surface area contributed by atoms with Crippen molar-refractivity contribution >= 4 is 17.6 Å². The van der Waals surface area contributed by atoms with Crippen LogP contribution in [-0.2, 0) is 9.59 Å². The molecule has 7 nitrogen and oxygen atoms in total. The molecule has 1 aliphatic rings. The number of nitrogens with one attached hydrogen (secondary N) is 1. The predicted molar refractivity (Wildman–Crippen MR) is 75.2 cm³/mol. The molecule has 0 spiro atoms. The standard InChI is InChI=1S/C13H24N4O3/c1-3-17(9-10(18)15-2)12(19)13(11(14)16-20)7-5-4-6-8-13/h20H,3-9H2,1-2H3,(H2,14,16)(H,15,18). The number of rotatable bonds is 5. The van der Waals surface area contributed by atoms with Gasteiger partial charge in [-0.3, -0.25) is 9.59 Å². The van der Waals surface area contributed by atoms with Crippen molar-refractivity contribution < 1.29 is 14.8 Å². The third kappa shape index (κ3) is 3.20. The summed E-state index contributed by atoms with van der Waals surface area (Å²) in [5.41, 5.74) is 4.83. The van der Waals surface area contributed by atoms with Gasteiger partial charge in [0.1, 0.15) is 5.41 Å². The molecular weight excluding hydrogens is 260 g/mol. The molecular formula is C13H24N4O3. The molecule has 4 N–H and O–H groups in total. The maximum atomic E-state index is 12.8. The van der Waals surface area contributed by atoms with E-state index in [1.54, 1.807) is 0 Å². The maximum Gasteiger partial charge on any atom is 0.239 e. The molecule has 0 radical (unpaired) electrons. The van der Waals surface area contributed by atoms with Crippen molar-refractivity contribution in [1.29, 1.82) is 0 Å². The molecule has 1 fully saturated rings. The fourth-order valence-corrected chi connectivity index (χ4v) is 2.71. The number of amidine groups is 1. The Morgan fingerprint density at radius 3 is 2.40 bits per heavy atom. The molecule has 0 bridgehead atoms. The largest absolute Gasteiger partial charge is 0.409 e. The Hall–Kier alpha value is -1.79. The highest BCUT2D eigenvalue weighted by Crippen LogP contribution is 2.38. The fourth-order valence-electron chi connectivity index (χ4n) is 2.71. The molecule has 0 aromatic rings. The molecule has 114 valence electrons. The zero-order valence-electron chi connectivity index (χ0n) is 12.2. The van der Waals surface area contributed by atoms with Gasteiger partial charge in [-0.2, -0.15) is 0 Å². The first-order chi connectivity index (χ1) is 9.51. The molecule has 0 atom stereocenters.